The molecule has 0 amide bonds. The number of hydrogen-bond donors (Lipinski definition) is 2. The first-order valence-electron chi connectivity index (χ1n) is 11.2. The van der Waals surface area contributed by atoms with Crippen LogP contribution in [0.1, 0.15) is 61.5 Å². The van der Waals surface area contributed by atoms with E-state index in [9.17, 15) is 9.90 Å². The Morgan fingerprint density at radius 1 is 0.793 bits per heavy atom. The molecule has 5 saturated carbocycles. The summed E-state index contributed by atoms with van der Waals surface area (Å²) in [5.74, 6) is 3.62. The number of carbonyl (C=O) groups is 1. The normalized spacial score (nSPS) is 36.9. The van der Waals surface area contributed by atoms with E-state index in [1.165, 1.54) is 32.1 Å². The zero-order chi connectivity index (χ0) is 19.7. The Hall–Kier alpha value is -2.29. The summed E-state index contributed by atoms with van der Waals surface area (Å²) in [7, 11) is 0. The molecule has 0 heterocycles. The summed E-state index contributed by atoms with van der Waals surface area (Å²) in [5, 5.41) is 19.9. The van der Waals surface area contributed by atoms with Gasteiger partial charge in [-0.05, 0) is 108 Å². The van der Waals surface area contributed by atoms with Crippen molar-refractivity contribution in [2.75, 3.05) is 0 Å². The molecule has 2 atom stereocenters. The van der Waals surface area contributed by atoms with Crippen LogP contribution in [0, 0.1) is 29.6 Å². The topological polar surface area (TPSA) is 57.5 Å². The van der Waals surface area contributed by atoms with Crippen LogP contribution < -0.4 is 0 Å². The molecule has 2 aromatic carbocycles. The number of aromatic hydroxyl groups is 1. The molecule has 2 N–H and O–H groups in total. The first-order chi connectivity index (χ1) is 14.1. The maximum Gasteiger partial charge on any atom is 0.307 e. The van der Waals surface area contributed by atoms with Crippen LogP contribution in [-0.4, -0.2) is 16.2 Å². The van der Waals surface area contributed by atoms with Crippen molar-refractivity contribution in [2.24, 2.45) is 29.6 Å². The molecular formula is C26H28O3. The molecule has 0 saturated heterocycles. The highest BCUT2D eigenvalue weighted by Gasteiger charge is 2.49. The van der Waals surface area contributed by atoms with Crippen molar-refractivity contribution in [1.29, 1.82) is 0 Å². The Bertz CT molecular complexity index is 932. The zero-order valence-corrected chi connectivity index (χ0v) is 16.6. The molecule has 7 rings (SSSR count). The summed E-state index contributed by atoms with van der Waals surface area (Å²) >= 11 is 0. The van der Waals surface area contributed by atoms with Gasteiger partial charge in [0.05, 0.1) is 5.92 Å². The predicted molar refractivity (Wildman–Crippen MR) is 112 cm³/mol. The van der Waals surface area contributed by atoms with Gasteiger partial charge in [-0.25, -0.2) is 0 Å². The van der Waals surface area contributed by atoms with Crippen molar-refractivity contribution in [3.8, 4) is 16.9 Å². The fourth-order valence-corrected chi connectivity index (χ4v) is 7.19. The second kappa shape index (κ2) is 6.35. The average Bonchev–Trinajstić information content (AvgIpc) is 3.50. The number of aliphatic carboxylic acids is 1. The van der Waals surface area contributed by atoms with Crippen molar-refractivity contribution >= 4 is 5.97 Å². The lowest BCUT2D eigenvalue weighted by Gasteiger charge is -2.54. The van der Waals surface area contributed by atoms with Crippen LogP contribution in [0.4, 0.5) is 0 Å². The number of hydrogen-bond acceptors (Lipinski definition) is 2. The van der Waals surface area contributed by atoms with Crippen LogP contribution in [0.5, 0.6) is 5.75 Å². The minimum absolute atomic E-state index is 0.171. The first kappa shape index (κ1) is 17.6. The predicted octanol–water partition coefficient (Wildman–Crippen LogP) is 5.79. The number of phenolic OH excluding ortho intramolecular Hbond substituents is 1. The van der Waals surface area contributed by atoms with Crippen LogP contribution in [0.15, 0.2) is 42.5 Å². The van der Waals surface area contributed by atoms with E-state index in [-0.39, 0.29) is 11.8 Å². The van der Waals surface area contributed by atoms with Crippen molar-refractivity contribution in [3.63, 3.8) is 0 Å². The lowest BCUT2D eigenvalue weighted by atomic mass is 9.50. The van der Waals surface area contributed by atoms with Crippen molar-refractivity contribution < 1.29 is 15.0 Å². The minimum atomic E-state index is -0.682. The van der Waals surface area contributed by atoms with Gasteiger partial charge in [0.15, 0.2) is 0 Å². The third-order valence-electron chi connectivity index (χ3n) is 8.39. The number of carboxylic acids is 1. The summed E-state index contributed by atoms with van der Waals surface area (Å²) in [6.07, 6.45) is 7.60. The second-order valence-electron chi connectivity index (χ2n) is 10.1. The maximum atomic E-state index is 11.1. The second-order valence-corrected chi connectivity index (χ2v) is 10.1. The smallest absolute Gasteiger partial charge is 0.307 e. The molecule has 3 nitrogen and oxygen atoms in total. The van der Waals surface area contributed by atoms with E-state index < -0.39 is 5.97 Å². The summed E-state index contributed by atoms with van der Waals surface area (Å²) < 4.78 is 0. The maximum absolute atomic E-state index is 11.1. The third kappa shape index (κ3) is 2.89. The first-order valence-corrected chi connectivity index (χ1v) is 11.2. The minimum Gasteiger partial charge on any atom is -0.508 e. The molecule has 2 unspecified atom stereocenters. The highest BCUT2D eigenvalue weighted by Crippen LogP contribution is 2.60. The van der Waals surface area contributed by atoms with Gasteiger partial charge in [-0.1, -0.05) is 30.3 Å². The van der Waals surface area contributed by atoms with Gasteiger partial charge in [-0.15, -0.1) is 0 Å². The number of phenols is 1. The largest absolute Gasteiger partial charge is 0.508 e. The molecule has 0 radical (unpaired) electrons. The van der Waals surface area contributed by atoms with Gasteiger partial charge in [0.1, 0.15) is 5.75 Å². The quantitative estimate of drug-likeness (QED) is 0.697. The average molecular weight is 389 g/mol. The molecule has 0 spiro atoms. The zero-order valence-electron chi connectivity index (χ0n) is 16.6. The molecule has 5 aliphatic rings. The summed E-state index contributed by atoms with van der Waals surface area (Å²) in [6, 6.07) is 14.5. The lowest BCUT2D eigenvalue weighted by Crippen LogP contribution is -2.43. The van der Waals surface area contributed by atoms with E-state index in [1.54, 1.807) is 0 Å². The van der Waals surface area contributed by atoms with Crippen molar-refractivity contribution in [2.45, 2.75) is 50.4 Å². The molecule has 4 bridgehead atoms. The molecule has 2 aromatic rings. The van der Waals surface area contributed by atoms with Gasteiger partial charge in [-0.2, -0.15) is 0 Å². The van der Waals surface area contributed by atoms with E-state index in [0.29, 0.717) is 11.7 Å². The fraction of sp³-hybridized carbons (Fsp3) is 0.500. The Labute approximate surface area is 171 Å². The van der Waals surface area contributed by atoms with Gasteiger partial charge in [0.25, 0.3) is 0 Å². The fourth-order valence-electron chi connectivity index (χ4n) is 7.19. The Balaban J connectivity index is 1.29. The van der Waals surface area contributed by atoms with E-state index in [1.807, 2.05) is 12.1 Å². The molecule has 5 fully saturated rings. The summed E-state index contributed by atoms with van der Waals surface area (Å²) in [5.41, 5.74) is 4.59. The Morgan fingerprint density at radius 2 is 1.41 bits per heavy atom. The number of rotatable bonds is 4. The third-order valence-corrected chi connectivity index (χ3v) is 8.39. The highest BCUT2D eigenvalue weighted by atomic mass is 16.4. The van der Waals surface area contributed by atoms with Crippen molar-refractivity contribution in [3.05, 3.63) is 53.6 Å². The van der Waals surface area contributed by atoms with Gasteiger partial charge in [-0.3, -0.25) is 4.79 Å². The van der Waals surface area contributed by atoms with Crippen LogP contribution in [-0.2, 0) is 4.79 Å². The lowest BCUT2D eigenvalue weighted by molar-refractivity contribution is -0.138. The molecule has 29 heavy (non-hydrogen) atoms. The number of benzene rings is 2. The van der Waals surface area contributed by atoms with Gasteiger partial charge >= 0.3 is 5.97 Å². The molecule has 0 aromatic heterocycles. The van der Waals surface area contributed by atoms with Gasteiger partial charge in [0.2, 0.25) is 0 Å². The van der Waals surface area contributed by atoms with Crippen LogP contribution >= 0.6 is 0 Å². The SMILES string of the molecule is O=C(O)C1CC1c1ccc(-c2ccc(O)c(C3C4CC5CC(C4)CC3C5)c2)cc1. The standard InChI is InChI=1S/C26H28O3/c27-24-6-5-18(16-1-3-17(4-2-16)21-13-22(21)26(28)29)12-23(24)25-19-8-14-7-15(10-19)11-20(25)9-14/h1-6,12,14-15,19-22,25,27H,7-11,13H2,(H,28,29). The Morgan fingerprint density at radius 3 is 2.00 bits per heavy atom. The molecule has 0 aliphatic heterocycles. The van der Waals surface area contributed by atoms with Gasteiger partial charge in [0, 0.05) is 0 Å². The van der Waals surface area contributed by atoms with Crippen LogP contribution in [0.25, 0.3) is 11.1 Å². The van der Waals surface area contributed by atoms with Crippen molar-refractivity contribution in [1.82, 2.24) is 0 Å². The van der Waals surface area contributed by atoms with E-state index >= 15 is 0 Å². The Kier molecular flexibility index (Phi) is 3.85. The summed E-state index contributed by atoms with van der Waals surface area (Å²) in [4.78, 5) is 11.1. The molecule has 3 heteroatoms. The summed E-state index contributed by atoms with van der Waals surface area (Å²) in [6.45, 7) is 0. The van der Waals surface area contributed by atoms with E-state index in [0.717, 1.165) is 52.3 Å². The molecular weight excluding hydrogens is 360 g/mol. The van der Waals surface area contributed by atoms with Crippen LogP contribution in [0.2, 0.25) is 0 Å². The van der Waals surface area contributed by atoms with E-state index in [2.05, 4.69) is 30.3 Å². The van der Waals surface area contributed by atoms with E-state index in [4.69, 9.17) is 5.11 Å². The number of carboxylic acid groups (broad SMARTS) is 1. The van der Waals surface area contributed by atoms with Gasteiger partial charge < -0.3 is 10.2 Å². The molecule has 150 valence electrons. The molecule has 5 aliphatic carbocycles. The van der Waals surface area contributed by atoms with Crippen LogP contribution in [0.3, 0.4) is 0 Å². The highest BCUT2D eigenvalue weighted by molar-refractivity contribution is 5.75. The monoisotopic (exact) mass is 388 g/mol.